The highest BCUT2D eigenvalue weighted by atomic mass is 16.2. The summed E-state index contributed by atoms with van der Waals surface area (Å²) >= 11 is 0. The summed E-state index contributed by atoms with van der Waals surface area (Å²) in [5, 5.41) is 5.03. The zero-order chi connectivity index (χ0) is 17.9. The van der Waals surface area contributed by atoms with Crippen LogP contribution in [0.15, 0.2) is 60.7 Å². The van der Waals surface area contributed by atoms with Gasteiger partial charge in [0.2, 0.25) is 5.91 Å². The highest BCUT2D eigenvalue weighted by Crippen LogP contribution is 2.09. The number of benzene rings is 2. The Bertz CT molecular complexity index is 618. The van der Waals surface area contributed by atoms with Crippen molar-refractivity contribution in [3.05, 3.63) is 71.8 Å². The topological polar surface area (TPSA) is 61.4 Å². The number of urea groups is 1. The van der Waals surface area contributed by atoms with Crippen LogP contribution in [-0.2, 0) is 17.9 Å². The van der Waals surface area contributed by atoms with E-state index in [1.54, 1.807) is 0 Å². The maximum Gasteiger partial charge on any atom is 0.321 e. The van der Waals surface area contributed by atoms with Gasteiger partial charge in [0.05, 0.1) is 6.54 Å². The number of hydrogen-bond donors (Lipinski definition) is 2. The van der Waals surface area contributed by atoms with E-state index in [0.29, 0.717) is 19.6 Å². The molecule has 0 aliphatic carbocycles. The van der Waals surface area contributed by atoms with Gasteiger partial charge in [0.15, 0.2) is 0 Å². The van der Waals surface area contributed by atoms with Crippen molar-refractivity contribution in [2.24, 2.45) is 0 Å². The minimum Gasteiger partial charge on any atom is -0.338 e. The maximum atomic E-state index is 12.2. The van der Waals surface area contributed by atoms with E-state index in [4.69, 9.17) is 0 Å². The quantitative estimate of drug-likeness (QED) is 0.777. The molecular formula is C20H25N3O2. The van der Waals surface area contributed by atoms with Gasteiger partial charge < -0.3 is 5.32 Å². The molecule has 2 aromatic rings. The van der Waals surface area contributed by atoms with E-state index in [1.807, 2.05) is 72.5 Å². The number of carbonyl (C=O) groups excluding carboxylic acids is 2. The second kappa shape index (κ2) is 10.3. The molecule has 2 N–H and O–H groups in total. The molecule has 0 heterocycles. The van der Waals surface area contributed by atoms with Gasteiger partial charge in [-0.1, -0.05) is 67.6 Å². The molecule has 0 saturated heterocycles. The number of imide groups is 1. The molecule has 5 heteroatoms. The minimum absolute atomic E-state index is 0.156. The van der Waals surface area contributed by atoms with Gasteiger partial charge in [-0.25, -0.2) is 4.79 Å². The molecule has 2 aromatic carbocycles. The van der Waals surface area contributed by atoms with Crippen LogP contribution >= 0.6 is 0 Å². The van der Waals surface area contributed by atoms with Crippen molar-refractivity contribution in [2.45, 2.75) is 26.4 Å². The highest BCUT2D eigenvalue weighted by molar-refractivity contribution is 5.95. The Balaban J connectivity index is 1.98. The lowest BCUT2D eigenvalue weighted by atomic mass is 10.1. The van der Waals surface area contributed by atoms with Gasteiger partial charge in [-0.2, -0.15) is 0 Å². The third kappa shape index (κ3) is 7.18. The molecule has 0 radical (unpaired) electrons. The minimum atomic E-state index is -0.439. The van der Waals surface area contributed by atoms with E-state index in [9.17, 15) is 9.59 Å². The molecule has 0 spiro atoms. The van der Waals surface area contributed by atoms with Crippen LogP contribution in [0.5, 0.6) is 0 Å². The summed E-state index contributed by atoms with van der Waals surface area (Å²) in [5.74, 6) is -0.305. The van der Waals surface area contributed by atoms with Crippen LogP contribution in [0.1, 0.15) is 24.5 Å². The second-order valence-corrected chi connectivity index (χ2v) is 5.92. The van der Waals surface area contributed by atoms with Crippen LogP contribution in [0, 0.1) is 0 Å². The fourth-order valence-corrected chi connectivity index (χ4v) is 2.50. The maximum absolute atomic E-state index is 12.2. The van der Waals surface area contributed by atoms with Crippen LogP contribution in [0.4, 0.5) is 4.79 Å². The van der Waals surface area contributed by atoms with Gasteiger partial charge in [-0.3, -0.25) is 15.0 Å². The van der Waals surface area contributed by atoms with Crippen LogP contribution in [0.3, 0.4) is 0 Å². The Labute approximate surface area is 149 Å². The average Bonchev–Trinajstić information content (AvgIpc) is 2.61. The smallest absolute Gasteiger partial charge is 0.321 e. The van der Waals surface area contributed by atoms with E-state index in [0.717, 1.165) is 17.5 Å². The van der Waals surface area contributed by atoms with Crippen molar-refractivity contribution in [1.82, 2.24) is 15.5 Å². The predicted molar refractivity (Wildman–Crippen MR) is 98.8 cm³/mol. The predicted octanol–water partition coefficient (Wildman–Crippen LogP) is 2.92. The molecule has 2 rings (SSSR count). The summed E-state index contributed by atoms with van der Waals surface area (Å²) in [4.78, 5) is 25.9. The Morgan fingerprint density at radius 1 is 0.880 bits per heavy atom. The monoisotopic (exact) mass is 339 g/mol. The van der Waals surface area contributed by atoms with Crippen LogP contribution < -0.4 is 10.6 Å². The summed E-state index contributed by atoms with van der Waals surface area (Å²) in [6, 6.07) is 19.5. The molecule has 0 atom stereocenters. The molecule has 0 fully saturated rings. The van der Waals surface area contributed by atoms with Crippen molar-refractivity contribution in [3.8, 4) is 0 Å². The van der Waals surface area contributed by atoms with E-state index in [1.165, 1.54) is 0 Å². The van der Waals surface area contributed by atoms with Crippen molar-refractivity contribution in [3.63, 3.8) is 0 Å². The number of amides is 3. The zero-order valence-electron chi connectivity index (χ0n) is 14.6. The number of nitrogens with one attached hydrogen (secondary N) is 2. The van der Waals surface area contributed by atoms with Gasteiger partial charge in [0.25, 0.3) is 0 Å². The third-order valence-corrected chi connectivity index (χ3v) is 3.65. The van der Waals surface area contributed by atoms with Gasteiger partial charge >= 0.3 is 6.03 Å². The summed E-state index contributed by atoms with van der Waals surface area (Å²) in [7, 11) is 0. The summed E-state index contributed by atoms with van der Waals surface area (Å²) in [6.45, 7) is 3.95. The lowest BCUT2D eigenvalue weighted by Gasteiger charge is -2.22. The molecule has 3 amide bonds. The largest absolute Gasteiger partial charge is 0.338 e. The fraction of sp³-hybridized carbons (Fsp3) is 0.300. The van der Waals surface area contributed by atoms with Crippen LogP contribution in [0.25, 0.3) is 0 Å². The molecule has 5 nitrogen and oxygen atoms in total. The number of carbonyl (C=O) groups is 2. The van der Waals surface area contributed by atoms with Gasteiger partial charge in [-0.05, 0) is 17.5 Å². The van der Waals surface area contributed by atoms with E-state index >= 15 is 0 Å². The first-order valence-electron chi connectivity index (χ1n) is 8.55. The Hall–Kier alpha value is -2.66. The number of hydrogen-bond acceptors (Lipinski definition) is 3. The number of rotatable bonds is 8. The molecule has 0 aliphatic rings. The van der Waals surface area contributed by atoms with E-state index < -0.39 is 6.03 Å². The van der Waals surface area contributed by atoms with Crippen molar-refractivity contribution < 1.29 is 9.59 Å². The van der Waals surface area contributed by atoms with Crippen molar-refractivity contribution >= 4 is 11.9 Å². The normalized spacial score (nSPS) is 10.5. The molecule has 0 unspecified atom stereocenters. The second-order valence-electron chi connectivity index (χ2n) is 5.92. The summed E-state index contributed by atoms with van der Waals surface area (Å²) in [6.07, 6.45) is 0.829. The molecule has 0 saturated carbocycles. The molecule has 0 aliphatic heterocycles. The SMILES string of the molecule is CCCNC(=O)NC(=O)CN(Cc1ccccc1)Cc1ccccc1. The first-order valence-corrected chi connectivity index (χ1v) is 8.55. The highest BCUT2D eigenvalue weighted by Gasteiger charge is 2.14. The Morgan fingerprint density at radius 3 is 1.88 bits per heavy atom. The molecule has 0 bridgehead atoms. The standard InChI is InChI=1S/C20H25N3O2/c1-2-13-21-20(25)22-19(24)16-23(14-17-9-5-3-6-10-17)15-18-11-7-4-8-12-18/h3-12H,2,13-16H2,1H3,(H2,21,22,24,25). The van der Waals surface area contributed by atoms with Gasteiger partial charge in [0, 0.05) is 19.6 Å². The van der Waals surface area contributed by atoms with Crippen LogP contribution in [0.2, 0.25) is 0 Å². The van der Waals surface area contributed by atoms with Crippen LogP contribution in [-0.4, -0.2) is 29.9 Å². The third-order valence-electron chi connectivity index (χ3n) is 3.65. The number of nitrogens with zero attached hydrogens (tertiary/aromatic N) is 1. The lowest BCUT2D eigenvalue weighted by Crippen LogP contribution is -2.44. The Kier molecular flexibility index (Phi) is 7.66. The fourth-order valence-electron chi connectivity index (χ4n) is 2.50. The van der Waals surface area contributed by atoms with E-state index in [2.05, 4.69) is 10.6 Å². The first kappa shape index (κ1) is 18.7. The zero-order valence-corrected chi connectivity index (χ0v) is 14.6. The molecular weight excluding hydrogens is 314 g/mol. The molecule has 132 valence electrons. The summed E-state index contributed by atoms with van der Waals surface area (Å²) < 4.78 is 0. The van der Waals surface area contributed by atoms with Gasteiger partial charge in [-0.15, -0.1) is 0 Å². The van der Waals surface area contributed by atoms with Crippen molar-refractivity contribution in [1.29, 1.82) is 0 Å². The van der Waals surface area contributed by atoms with Gasteiger partial charge in [0.1, 0.15) is 0 Å². The first-order chi connectivity index (χ1) is 12.2. The summed E-state index contributed by atoms with van der Waals surface area (Å²) in [5.41, 5.74) is 2.25. The molecule has 25 heavy (non-hydrogen) atoms. The van der Waals surface area contributed by atoms with Crippen molar-refractivity contribution in [2.75, 3.05) is 13.1 Å². The molecule has 0 aromatic heterocycles. The lowest BCUT2D eigenvalue weighted by molar-refractivity contribution is -0.121. The van der Waals surface area contributed by atoms with E-state index in [-0.39, 0.29) is 12.5 Å². The average molecular weight is 339 g/mol. The Morgan fingerprint density at radius 2 is 1.40 bits per heavy atom.